The van der Waals surface area contributed by atoms with Crippen molar-refractivity contribution in [1.29, 1.82) is 0 Å². The lowest BCUT2D eigenvalue weighted by molar-refractivity contribution is -0.115. The molecule has 3 rings (SSSR count). The van der Waals surface area contributed by atoms with Crippen molar-refractivity contribution in [2.45, 2.75) is 0 Å². The van der Waals surface area contributed by atoms with E-state index in [-0.39, 0.29) is 0 Å². The third-order valence-corrected chi connectivity index (χ3v) is 4.86. The molecule has 1 aliphatic heterocycles. The van der Waals surface area contributed by atoms with Crippen molar-refractivity contribution in [1.82, 2.24) is 5.32 Å². The molecule has 8 heteroatoms. The lowest BCUT2D eigenvalue weighted by atomic mass is 10.2. The lowest BCUT2D eigenvalue weighted by Gasteiger charge is -2.07. The summed E-state index contributed by atoms with van der Waals surface area (Å²) in [7, 11) is 0. The van der Waals surface area contributed by atoms with Crippen LogP contribution in [-0.4, -0.2) is 17.1 Å². The number of imide groups is 1. The van der Waals surface area contributed by atoms with Crippen molar-refractivity contribution >= 4 is 62.5 Å². The smallest absolute Gasteiger partial charge is 0.343 e. The molecule has 0 saturated carbocycles. The SMILES string of the molecule is O=C1NC(=O)/C(=C/c2ccc(OC(=O)c3ccc(Cl)cc3)c(Br)c2)S1. The summed E-state index contributed by atoms with van der Waals surface area (Å²) in [6, 6.07) is 11.3. The number of benzene rings is 2. The van der Waals surface area contributed by atoms with Crippen molar-refractivity contribution in [3.8, 4) is 5.75 Å². The van der Waals surface area contributed by atoms with Gasteiger partial charge >= 0.3 is 5.97 Å². The number of halogens is 2. The van der Waals surface area contributed by atoms with Crippen molar-refractivity contribution in [2.24, 2.45) is 0 Å². The molecule has 1 saturated heterocycles. The van der Waals surface area contributed by atoms with Crippen molar-refractivity contribution < 1.29 is 19.1 Å². The van der Waals surface area contributed by atoms with Crippen LogP contribution < -0.4 is 10.1 Å². The maximum Gasteiger partial charge on any atom is 0.343 e. The Bertz CT molecular complexity index is 911. The van der Waals surface area contributed by atoms with Crippen LogP contribution in [0.1, 0.15) is 15.9 Å². The summed E-state index contributed by atoms with van der Waals surface area (Å²) in [5.74, 6) is -0.606. The van der Waals surface area contributed by atoms with Gasteiger partial charge in [-0.05, 0) is 75.7 Å². The molecule has 0 radical (unpaired) electrons. The number of hydrogen-bond donors (Lipinski definition) is 1. The molecule has 1 fully saturated rings. The normalized spacial score (nSPS) is 15.4. The minimum Gasteiger partial charge on any atom is -0.422 e. The first-order valence-electron chi connectivity index (χ1n) is 6.94. The maximum absolute atomic E-state index is 12.1. The van der Waals surface area contributed by atoms with Gasteiger partial charge in [0.1, 0.15) is 5.75 Å². The van der Waals surface area contributed by atoms with E-state index in [1.807, 2.05) is 0 Å². The van der Waals surface area contributed by atoms with Gasteiger partial charge in [0.05, 0.1) is 14.9 Å². The second-order valence-corrected chi connectivity index (χ2v) is 7.24. The predicted octanol–water partition coefficient (Wildman–Crippen LogP) is 4.65. The average molecular weight is 439 g/mol. The van der Waals surface area contributed by atoms with E-state index < -0.39 is 17.1 Å². The number of amides is 2. The van der Waals surface area contributed by atoms with Gasteiger partial charge in [-0.2, -0.15) is 0 Å². The monoisotopic (exact) mass is 437 g/mol. The molecule has 25 heavy (non-hydrogen) atoms. The zero-order valence-corrected chi connectivity index (χ0v) is 15.6. The Balaban J connectivity index is 1.77. The van der Waals surface area contributed by atoms with Crippen molar-refractivity contribution in [2.75, 3.05) is 0 Å². The molecule has 0 aliphatic carbocycles. The van der Waals surface area contributed by atoms with Gasteiger partial charge < -0.3 is 4.74 Å². The molecule has 2 aromatic carbocycles. The van der Waals surface area contributed by atoms with Gasteiger partial charge in [-0.25, -0.2) is 4.79 Å². The highest BCUT2D eigenvalue weighted by Gasteiger charge is 2.25. The molecule has 2 amide bonds. The average Bonchev–Trinajstić information content (AvgIpc) is 2.88. The van der Waals surface area contributed by atoms with Gasteiger partial charge in [-0.15, -0.1) is 0 Å². The molecule has 0 bridgehead atoms. The molecule has 1 N–H and O–H groups in total. The topological polar surface area (TPSA) is 72.5 Å². The van der Waals surface area contributed by atoms with Crippen LogP contribution in [0.25, 0.3) is 6.08 Å². The van der Waals surface area contributed by atoms with E-state index in [9.17, 15) is 14.4 Å². The molecule has 0 spiro atoms. The summed E-state index contributed by atoms with van der Waals surface area (Å²) in [5, 5.41) is 2.32. The van der Waals surface area contributed by atoms with Crippen LogP contribution in [0.15, 0.2) is 51.8 Å². The summed E-state index contributed by atoms with van der Waals surface area (Å²) in [6.45, 7) is 0. The number of hydrogen-bond acceptors (Lipinski definition) is 5. The van der Waals surface area contributed by atoms with E-state index in [0.717, 1.165) is 11.8 Å². The molecule has 2 aromatic rings. The molecule has 0 unspecified atom stereocenters. The second-order valence-electron chi connectivity index (χ2n) is 4.94. The van der Waals surface area contributed by atoms with Crippen molar-refractivity contribution in [3.05, 3.63) is 68.0 Å². The number of carbonyl (C=O) groups is 3. The molecule has 1 heterocycles. The van der Waals surface area contributed by atoms with E-state index in [1.54, 1.807) is 48.5 Å². The Morgan fingerprint density at radius 3 is 2.48 bits per heavy atom. The first-order chi connectivity index (χ1) is 11.9. The van der Waals surface area contributed by atoms with Gasteiger partial charge in [0.15, 0.2) is 0 Å². The fourth-order valence-electron chi connectivity index (χ4n) is 2.01. The van der Waals surface area contributed by atoms with Crippen LogP contribution in [-0.2, 0) is 4.79 Å². The highest BCUT2D eigenvalue weighted by Crippen LogP contribution is 2.30. The van der Waals surface area contributed by atoms with Crippen molar-refractivity contribution in [3.63, 3.8) is 0 Å². The van der Waals surface area contributed by atoms with E-state index in [4.69, 9.17) is 16.3 Å². The lowest BCUT2D eigenvalue weighted by Crippen LogP contribution is -2.17. The van der Waals surface area contributed by atoms with Crippen LogP contribution in [0.5, 0.6) is 5.75 Å². The molecular weight excluding hydrogens is 430 g/mol. The van der Waals surface area contributed by atoms with E-state index >= 15 is 0 Å². The van der Waals surface area contributed by atoms with Gasteiger partial charge in [-0.1, -0.05) is 17.7 Å². The third-order valence-electron chi connectivity index (χ3n) is 3.18. The highest BCUT2D eigenvalue weighted by atomic mass is 79.9. The van der Waals surface area contributed by atoms with Gasteiger partial charge in [0.2, 0.25) is 0 Å². The van der Waals surface area contributed by atoms with Crippen LogP contribution >= 0.6 is 39.3 Å². The minimum absolute atomic E-state index is 0.308. The zero-order chi connectivity index (χ0) is 18.0. The number of thioether (sulfide) groups is 1. The number of carbonyl (C=O) groups excluding carboxylic acids is 3. The Morgan fingerprint density at radius 2 is 1.88 bits per heavy atom. The Labute approximate surface area is 160 Å². The Kier molecular flexibility index (Phi) is 5.27. The van der Waals surface area contributed by atoms with E-state index in [0.29, 0.717) is 31.3 Å². The Morgan fingerprint density at radius 1 is 1.16 bits per heavy atom. The highest BCUT2D eigenvalue weighted by molar-refractivity contribution is 9.10. The van der Waals surface area contributed by atoms with Crippen LogP contribution in [0.3, 0.4) is 0 Å². The van der Waals surface area contributed by atoms with Gasteiger partial charge in [0.25, 0.3) is 11.1 Å². The molecule has 1 aliphatic rings. The number of nitrogens with one attached hydrogen (secondary N) is 1. The van der Waals surface area contributed by atoms with Gasteiger partial charge in [-0.3, -0.25) is 14.9 Å². The van der Waals surface area contributed by atoms with E-state index in [1.165, 1.54) is 0 Å². The summed E-state index contributed by atoms with van der Waals surface area (Å²) < 4.78 is 5.89. The largest absolute Gasteiger partial charge is 0.422 e. The first-order valence-corrected chi connectivity index (χ1v) is 8.93. The summed E-state index contributed by atoms with van der Waals surface area (Å²) in [6.07, 6.45) is 1.58. The molecule has 5 nitrogen and oxygen atoms in total. The summed E-state index contributed by atoms with van der Waals surface area (Å²) in [4.78, 5) is 35.2. The van der Waals surface area contributed by atoms with Crippen LogP contribution in [0, 0.1) is 0 Å². The fourth-order valence-corrected chi connectivity index (χ4v) is 3.29. The van der Waals surface area contributed by atoms with Crippen LogP contribution in [0.4, 0.5) is 4.79 Å². The zero-order valence-electron chi connectivity index (χ0n) is 12.4. The number of esters is 1. The number of rotatable bonds is 3. The fraction of sp³-hybridized carbons (Fsp3) is 0. The predicted molar refractivity (Wildman–Crippen MR) is 99.7 cm³/mol. The van der Waals surface area contributed by atoms with Crippen LogP contribution in [0.2, 0.25) is 5.02 Å². The molecule has 126 valence electrons. The number of ether oxygens (including phenoxy) is 1. The van der Waals surface area contributed by atoms with Gasteiger partial charge in [0, 0.05) is 5.02 Å². The Hall–Kier alpha value is -2.09. The quantitative estimate of drug-likeness (QED) is 0.429. The summed E-state index contributed by atoms with van der Waals surface area (Å²) >= 11 is 9.96. The third kappa shape index (κ3) is 4.31. The summed E-state index contributed by atoms with van der Waals surface area (Å²) in [5.41, 5.74) is 1.06. The molecule has 0 atom stereocenters. The second kappa shape index (κ2) is 7.43. The minimum atomic E-state index is -0.514. The first kappa shape index (κ1) is 17.7. The molecule has 0 aromatic heterocycles. The molecular formula is C17H9BrClNO4S. The standard InChI is InChI=1S/C17H9BrClNO4S/c18-12-7-9(8-14-15(21)20-17(23)25-14)1-6-13(12)24-16(22)10-2-4-11(19)5-3-10/h1-8H,(H,20,21,23)/b14-8-. The maximum atomic E-state index is 12.1. The van der Waals surface area contributed by atoms with E-state index in [2.05, 4.69) is 21.2 Å².